The minimum atomic E-state index is -0.184. The average Bonchev–Trinajstić information content (AvgIpc) is 2.47. The number of anilines is 1. The van der Waals surface area contributed by atoms with Crippen molar-refractivity contribution in [2.24, 2.45) is 0 Å². The quantitative estimate of drug-likeness (QED) is 0.407. The van der Waals surface area contributed by atoms with Gasteiger partial charge in [0.25, 0.3) is 0 Å². The summed E-state index contributed by atoms with van der Waals surface area (Å²) < 4.78 is 15.3. The fourth-order valence-corrected chi connectivity index (χ4v) is 1.84. The second-order valence-corrected chi connectivity index (χ2v) is 4.95. The monoisotopic (exact) mass is 295 g/mol. The first kappa shape index (κ1) is 17.5. The number of nitrogen functional groups attached to an aromatic ring is 1. The SMILES string of the molecule is COCCOCCCOC(=O)CC(C)c1ccc(N)cc1. The molecule has 0 spiro atoms. The standard InChI is InChI=1S/C16H25NO4/c1-13(14-4-6-15(17)7-5-14)12-16(18)21-9-3-8-20-11-10-19-2/h4-7,13H,3,8-12,17H2,1-2H3. The van der Waals surface area contributed by atoms with Gasteiger partial charge < -0.3 is 19.9 Å². The molecule has 0 bridgehead atoms. The minimum Gasteiger partial charge on any atom is -0.466 e. The molecule has 0 amide bonds. The Kier molecular flexibility index (Phi) is 8.47. The van der Waals surface area contributed by atoms with E-state index in [1.807, 2.05) is 31.2 Å². The number of benzene rings is 1. The molecule has 0 aliphatic carbocycles. The lowest BCUT2D eigenvalue weighted by molar-refractivity contribution is -0.144. The van der Waals surface area contributed by atoms with Gasteiger partial charge in [0, 0.05) is 25.8 Å². The molecule has 0 heterocycles. The van der Waals surface area contributed by atoms with Crippen molar-refractivity contribution in [1.82, 2.24) is 0 Å². The van der Waals surface area contributed by atoms with Crippen LogP contribution in [0.25, 0.3) is 0 Å². The van der Waals surface area contributed by atoms with Gasteiger partial charge >= 0.3 is 5.97 Å². The van der Waals surface area contributed by atoms with Gasteiger partial charge in [-0.25, -0.2) is 0 Å². The van der Waals surface area contributed by atoms with Crippen molar-refractivity contribution >= 4 is 11.7 Å². The summed E-state index contributed by atoms with van der Waals surface area (Å²) in [5, 5.41) is 0. The molecule has 0 fully saturated rings. The molecule has 0 aliphatic heterocycles. The Morgan fingerprint density at radius 3 is 2.52 bits per heavy atom. The number of hydrogen-bond acceptors (Lipinski definition) is 5. The van der Waals surface area contributed by atoms with Crippen LogP contribution >= 0.6 is 0 Å². The molecule has 1 aromatic carbocycles. The second kappa shape index (κ2) is 10.2. The number of methoxy groups -OCH3 is 1. The van der Waals surface area contributed by atoms with E-state index in [-0.39, 0.29) is 11.9 Å². The zero-order chi connectivity index (χ0) is 15.5. The van der Waals surface area contributed by atoms with Crippen molar-refractivity contribution in [3.8, 4) is 0 Å². The molecular weight excluding hydrogens is 270 g/mol. The molecule has 0 saturated heterocycles. The number of hydrogen-bond donors (Lipinski definition) is 1. The Morgan fingerprint density at radius 2 is 1.86 bits per heavy atom. The molecule has 0 aliphatic rings. The van der Waals surface area contributed by atoms with E-state index in [2.05, 4.69) is 0 Å². The number of nitrogens with two attached hydrogens (primary N) is 1. The first-order valence-electron chi connectivity index (χ1n) is 7.21. The van der Waals surface area contributed by atoms with Gasteiger partial charge in [-0.3, -0.25) is 4.79 Å². The average molecular weight is 295 g/mol. The van der Waals surface area contributed by atoms with Crippen LogP contribution in [0, 0.1) is 0 Å². The van der Waals surface area contributed by atoms with Crippen LogP contribution < -0.4 is 5.73 Å². The third kappa shape index (κ3) is 7.68. The predicted molar refractivity (Wildman–Crippen MR) is 82.2 cm³/mol. The normalized spacial score (nSPS) is 12.1. The van der Waals surface area contributed by atoms with Crippen LogP contribution in [0.5, 0.6) is 0 Å². The highest BCUT2D eigenvalue weighted by atomic mass is 16.5. The van der Waals surface area contributed by atoms with E-state index in [0.29, 0.717) is 39.3 Å². The van der Waals surface area contributed by atoms with Crippen LogP contribution in [-0.4, -0.2) is 39.5 Å². The van der Waals surface area contributed by atoms with E-state index < -0.39 is 0 Å². The lowest BCUT2D eigenvalue weighted by atomic mass is 9.98. The molecule has 0 saturated carbocycles. The van der Waals surface area contributed by atoms with Gasteiger partial charge in [-0.1, -0.05) is 19.1 Å². The van der Waals surface area contributed by atoms with E-state index in [4.69, 9.17) is 19.9 Å². The zero-order valence-electron chi connectivity index (χ0n) is 12.8. The van der Waals surface area contributed by atoms with Crippen molar-refractivity contribution in [3.63, 3.8) is 0 Å². The van der Waals surface area contributed by atoms with Crippen molar-refractivity contribution in [2.75, 3.05) is 39.3 Å². The Balaban J connectivity index is 2.14. The molecular formula is C16H25NO4. The third-order valence-electron chi connectivity index (χ3n) is 3.11. The Hall–Kier alpha value is -1.59. The van der Waals surface area contributed by atoms with Gasteiger partial charge in [0.2, 0.25) is 0 Å². The molecule has 5 nitrogen and oxygen atoms in total. The van der Waals surface area contributed by atoms with Gasteiger partial charge in [0.15, 0.2) is 0 Å². The number of ether oxygens (including phenoxy) is 3. The van der Waals surface area contributed by atoms with Crippen LogP contribution in [0.1, 0.15) is 31.2 Å². The van der Waals surface area contributed by atoms with E-state index >= 15 is 0 Å². The zero-order valence-corrected chi connectivity index (χ0v) is 12.8. The Morgan fingerprint density at radius 1 is 1.14 bits per heavy atom. The van der Waals surface area contributed by atoms with Gasteiger partial charge in [0.1, 0.15) is 0 Å². The number of rotatable bonds is 10. The summed E-state index contributed by atoms with van der Waals surface area (Å²) in [6.07, 6.45) is 1.07. The van der Waals surface area contributed by atoms with E-state index in [9.17, 15) is 4.79 Å². The molecule has 0 aromatic heterocycles. The summed E-state index contributed by atoms with van der Waals surface area (Å²) >= 11 is 0. The number of carbonyl (C=O) groups is 1. The van der Waals surface area contributed by atoms with Gasteiger partial charge in [-0.05, 0) is 23.6 Å². The molecule has 21 heavy (non-hydrogen) atoms. The number of carbonyl (C=O) groups excluding carboxylic acids is 1. The van der Waals surface area contributed by atoms with E-state index in [1.54, 1.807) is 7.11 Å². The number of esters is 1. The van der Waals surface area contributed by atoms with Gasteiger partial charge in [-0.15, -0.1) is 0 Å². The van der Waals surface area contributed by atoms with Crippen LogP contribution in [0.15, 0.2) is 24.3 Å². The predicted octanol–water partition coefficient (Wildman–Crippen LogP) is 2.36. The van der Waals surface area contributed by atoms with E-state index in [1.165, 1.54) is 0 Å². The molecule has 2 N–H and O–H groups in total. The fourth-order valence-electron chi connectivity index (χ4n) is 1.84. The fraction of sp³-hybridized carbons (Fsp3) is 0.562. The van der Waals surface area contributed by atoms with Crippen molar-refractivity contribution in [3.05, 3.63) is 29.8 Å². The molecule has 1 atom stereocenters. The lowest BCUT2D eigenvalue weighted by Crippen LogP contribution is -2.11. The Bertz CT molecular complexity index is 405. The maximum atomic E-state index is 11.7. The maximum Gasteiger partial charge on any atom is 0.306 e. The van der Waals surface area contributed by atoms with Crippen molar-refractivity contribution in [1.29, 1.82) is 0 Å². The highest BCUT2D eigenvalue weighted by Crippen LogP contribution is 2.20. The third-order valence-corrected chi connectivity index (χ3v) is 3.11. The highest BCUT2D eigenvalue weighted by molar-refractivity contribution is 5.70. The lowest BCUT2D eigenvalue weighted by Gasteiger charge is -2.12. The van der Waals surface area contributed by atoms with Gasteiger partial charge in [0.05, 0.1) is 26.2 Å². The van der Waals surface area contributed by atoms with Crippen molar-refractivity contribution in [2.45, 2.75) is 25.7 Å². The molecule has 1 unspecified atom stereocenters. The molecule has 5 heteroatoms. The summed E-state index contributed by atoms with van der Waals surface area (Å²) in [5.41, 5.74) is 7.45. The molecule has 0 radical (unpaired) electrons. The van der Waals surface area contributed by atoms with Crippen LogP contribution in [0.4, 0.5) is 5.69 Å². The van der Waals surface area contributed by atoms with Crippen LogP contribution in [0.2, 0.25) is 0 Å². The topological polar surface area (TPSA) is 70.8 Å². The van der Waals surface area contributed by atoms with Crippen molar-refractivity contribution < 1.29 is 19.0 Å². The molecule has 1 aromatic rings. The Labute approximate surface area is 126 Å². The maximum absolute atomic E-state index is 11.7. The second-order valence-electron chi connectivity index (χ2n) is 4.95. The summed E-state index contributed by atoms with van der Waals surface area (Å²) in [5.74, 6) is -0.0627. The molecule has 1 rings (SSSR count). The first-order chi connectivity index (χ1) is 10.1. The minimum absolute atomic E-state index is 0.121. The van der Waals surface area contributed by atoms with Gasteiger partial charge in [-0.2, -0.15) is 0 Å². The van der Waals surface area contributed by atoms with Crippen LogP contribution in [0.3, 0.4) is 0 Å². The summed E-state index contributed by atoms with van der Waals surface area (Å²) in [4.78, 5) is 11.7. The summed E-state index contributed by atoms with van der Waals surface area (Å²) in [6, 6.07) is 7.57. The smallest absolute Gasteiger partial charge is 0.306 e. The summed E-state index contributed by atoms with van der Waals surface area (Å²) in [6.45, 7) is 4.11. The summed E-state index contributed by atoms with van der Waals surface area (Å²) in [7, 11) is 1.63. The van der Waals surface area contributed by atoms with Crippen LogP contribution in [-0.2, 0) is 19.0 Å². The first-order valence-corrected chi connectivity index (χ1v) is 7.21. The van der Waals surface area contributed by atoms with E-state index in [0.717, 1.165) is 11.3 Å². The molecule has 118 valence electrons. The largest absolute Gasteiger partial charge is 0.466 e. The highest BCUT2D eigenvalue weighted by Gasteiger charge is 2.12.